The Kier molecular flexibility index (Phi) is 4.65. The molecule has 0 spiro atoms. The number of thiophene rings is 1. The molecular weight excluding hydrogens is 326 g/mol. The van der Waals surface area contributed by atoms with Gasteiger partial charge in [0, 0.05) is 25.2 Å². The fourth-order valence-electron chi connectivity index (χ4n) is 2.23. The van der Waals surface area contributed by atoms with Gasteiger partial charge >= 0.3 is 0 Å². The van der Waals surface area contributed by atoms with Crippen molar-refractivity contribution in [2.75, 3.05) is 13.1 Å². The summed E-state index contributed by atoms with van der Waals surface area (Å²) in [4.78, 5) is 10.1. The fourth-order valence-corrected chi connectivity index (χ4v) is 5.73. The molecule has 0 saturated carbocycles. The second-order valence-electron chi connectivity index (χ2n) is 4.48. The van der Waals surface area contributed by atoms with E-state index in [0.717, 1.165) is 18.9 Å². The van der Waals surface area contributed by atoms with Crippen LogP contribution in [0.15, 0.2) is 10.3 Å². The van der Waals surface area contributed by atoms with E-state index in [1.807, 2.05) is 0 Å². The summed E-state index contributed by atoms with van der Waals surface area (Å²) < 4.78 is 26.2. The lowest BCUT2D eigenvalue weighted by atomic mass is 10.1. The molecule has 1 saturated heterocycles. The molecular formula is C10H14ClN3O4S2. The highest BCUT2D eigenvalue weighted by molar-refractivity contribution is 7.91. The Balaban J connectivity index is 2.39. The molecule has 20 heavy (non-hydrogen) atoms. The Bertz CT molecular complexity index is 616. The third-order valence-electron chi connectivity index (χ3n) is 3.25. The number of hydrogen-bond acceptors (Lipinski definition) is 6. The SMILES string of the molecule is NCC1CCCCN1S(=O)(=O)c1cc([N+](=O)[O-])c(Cl)s1. The number of piperidine rings is 1. The van der Waals surface area contributed by atoms with E-state index in [1.165, 1.54) is 4.31 Å². The Morgan fingerprint density at radius 1 is 1.55 bits per heavy atom. The van der Waals surface area contributed by atoms with Crippen LogP contribution in [-0.4, -0.2) is 36.8 Å². The van der Waals surface area contributed by atoms with Crippen LogP contribution < -0.4 is 5.73 Å². The molecule has 0 aliphatic carbocycles. The van der Waals surface area contributed by atoms with Crippen LogP contribution in [0.3, 0.4) is 0 Å². The van der Waals surface area contributed by atoms with Gasteiger partial charge in [-0.15, -0.1) is 11.3 Å². The summed E-state index contributed by atoms with van der Waals surface area (Å²) in [7, 11) is -3.78. The zero-order valence-corrected chi connectivity index (χ0v) is 12.9. The zero-order valence-electron chi connectivity index (χ0n) is 10.5. The summed E-state index contributed by atoms with van der Waals surface area (Å²) >= 11 is 6.43. The van der Waals surface area contributed by atoms with Gasteiger partial charge in [-0.25, -0.2) is 8.42 Å². The first kappa shape index (κ1) is 15.6. The van der Waals surface area contributed by atoms with Crippen LogP contribution in [0.5, 0.6) is 0 Å². The van der Waals surface area contributed by atoms with Crippen molar-refractivity contribution in [3.05, 3.63) is 20.5 Å². The topological polar surface area (TPSA) is 107 Å². The summed E-state index contributed by atoms with van der Waals surface area (Å²) in [6, 6.07) is 0.763. The molecule has 7 nitrogen and oxygen atoms in total. The van der Waals surface area contributed by atoms with Gasteiger partial charge < -0.3 is 5.73 Å². The monoisotopic (exact) mass is 339 g/mol. The standard InChI is InChI=1S/C10H14ClN3O4S2/c11-10-8(14(15)16)5-9(19-10)20(17,18)13-4-2-1-3-7(13)6-12/h5,7H,1-4,6,12H2. The third-order valence-corrected chi connectivity index (χ3v) is 6.99. The summed E-state index contributed by atoms with van der Waals surface area (Å²) in [5.74, 6) is 0. The maximum absolute atomic E-state index is 12.5. The van der Waals surface area contributed by atoms with Gasteiger partial charge in [-0.1, -0.05) is 18.0 Å². The van der Waals surface area contributed by atoms with Gasteiger partial charge in [-0.3, -0.25) is 10.1 Å². The molecule has 1 fully saturated rings. The van der Waals surface area contributed by atoms with Crippen molar-refractivity contribution in [2.24, 2.45) is 5.73 Å². The zero-order chi connectivity index (χ0) is 14.9. The highest BCUT2D eigenvalue weighted by Gasteiger charge is 2.35. The lowest BCUT2D eigenvalue weighted by Gasteiger charge is -2.33. The predicted octanol–water partition coefficient (Wildman–Crippen LogP) is 1.81. The quantitative estimate of drug-likeness (QED) is 0.665. The lowest BCUT2D eigenvalue weighted by Crippen LogP contribution is -2.47. The van der Waals surface area contributed by atoms with Crippen molar-refractivity contribution in [1.29, 1.82) is 0 Å². The normalized spacial score (nSPS) is 21.0. The highest BCUT2D eigenvalue weighted by atomic mass is 35.5. The smallest absolute Gasteiger partial charge is 0.300 e. The Labute approximate surface area is 125 Å². The molecule has 0 amide bonds. The molecule has 1 aliphatic heterocycles. The molecule has 1 aromatic rings. The highest BCUT2D eigenvalue weighted by Crippen LogP contribution is 2.38. The van der Waals surface area contributed by atoms with E-state index in [4.69, 9.17) is 17.3 Å². The van der Waals surface area contributed by atoms with Crippen LogP contribution in [-0.2, 0) is 10.0 Å². The minimum absolute atomic E-state index is 0.102. The maximum atomic E-state index is 12.5. The molecule has 2 heterocycles. The summed E-state index contributed by atoms with van der Waals surface area (Å²) in [6.07, 6.45) is 2.40. The van der Waals surface area contributed by atoms with E-state index in [0.29, 0.717) is 24.3 Å². The second-order valence-corrected chi connectivity index (χ2v) is 8.25. The molecule has 10 heteroatoms. The fraction of sp³-hybridized carbons (Fsp3) is 0.600. The summed E-state index contributed by atoms with van der Waals surface area (Å²) in [6.45, 7) is 0.619. The molecule has 2 rings (SSSR count). The first-order valence-electron chi connectivity index (χ1n) is 6.03. The Morgan fingerprint density at radius 2 is 2.25 bits per heavy atom. The average Bonchev–Trinajstić information content (AvgIpc) is 2.81. The van der Waals surface area contributed by atoms with Crippen LogP contribution in [0.1, 0.15) is 19.3 Å². The van der Waals surface area contributed by atoms with Gasteiger partial charge in [0.1, 0.15) is 4.21 Å². The molecule has 1 aliphatic rings. The van der Waals surface area contributed by atoms with E-state index >= 15 is 0 Å². The van der Waals surface area contributed by atoms with Gasteiger partial charge in [0.25, 0.3) is 15.7 Å². The van der Waals surface area contributed by atoms with Crippen LogP contribution >= 0.6 is 22.9 Å². The van der Waals surface area contributed by atoms with Crippen molar-refractivity contribution in [3.63, 3.8) is 0 Å². The molecule has 0 aromatic carbocycles. The number of nitro groups is 1. The van der Waals surface area contributed by atoms with E-state index in [-0.39, 0.29) is 26.8 Å². The number of hydrogen-bond donors (Lipinski definition) is 1. The molecule has 112 valence electrons. The number of nitrogens with two attached hydrogens (primary N) is 1. The van der Waals surface area contributed by atoms with Gasteiger partial charge in [-0.05, 0) is 12.8 Å². The maximum Gasteiger partial charge on any atom is 0.300 e. The van der Waals surface area contributed by atoms with Crippen molar-refractivity contribution in [2.45, 2.75) is 29.5 Å². The van der Waals surface area contributed by atoms with Crippen LogP contribution in [0.2, 0.25) is 4.34 Å². The summed E-state index contributed by atoms with van der Waals surface area (Å²) in [5, 5.41) is 10.8. The number of rotatable bonds is 4. The van der Waals surface area contributed by atoms with Gasteiger partial charge in [0.05, 0.1) is 4.92 Å². The second kappa shape index (κ2) is 5.94. The number of sulfonamides is 1. The van der Waals surface area contributed by atoms with E-state index in [1.54, 1.807) is 0 Å². The predicted molar refractivity (Wildman–Crippen MR) is 76.6 cm³/mol. The largest absolute Gasteiger partial charge is 0.329 e. The Morgan fingerprint density at radius 3 is 2.80 bits per heavy atom. The number of halogens is 1. The molecule has 1 atom stereocenters. The summed E-state index contributed by atoms with van der Waals surface area (Å²) in [5.41, 5.74) is 5.24. The minimum atomic E-state index is -3.78. The van der Waals surface area contributed by atoms with Gasteiger partial charge in [0.2, 0.25) is 0 Å². The van der Waals surface area contributed by atoms with Crippen LogP contribution in [0.4, 0.5) is 5.69 Å². The van der Waals surface area contributed by atoms with Crippen molar-refractivity contribution in [1.82, 2.24) is 4.31 Å². The average molecular weight is 340 g/mol. The molecule has 0 radical (unpaired) electrons. The van der Waals surface area contributed by atoms with Gasteiger partial charge in [0.15, 0.2) is 4.34 Å². The molecule has 0 bridgehead atoms. The third kappa shape index (κ3) is 2.82. The van der Waals surface area contributed by atoms with Gasteiger partial charge in [-0.2, -0.15) is 4.31 Å². The van der Waals surface area contributed by atoms with Crippen LogP contribution in [0.25, 0.3) is 0 Å². The van der Waals surface area contributed by atoms with Crippen LogP contribution in [0, 0.1) is 10.1 Å². The van der Waals surface area contributed by atoms with E-state index < -0.39 is 14.9 Å². The van der Waals surface area contributed by atoms with E-state index in [9.17, 15) is 18.5 Å². The molecule has 1 aromatic heterocycles. The number of nitrogens with zero attached hydrogens (tertiary/aromatic N) is 2. The minimum Gasteiger partial charge on any atom is -0.329 e. The van der Waals surface area contributed by atoms with Crippen molar-refractivity contribution < 1.29 is 13.3 Å². The first-order chi connectivity index (χ1) is 9.37. The van der Waals surface area contributed by atoms with Crippen molar-refractivity contribution >= 4 is 38.6 Å². The van der Waals surface area contributed by atoms with Crippen molar-refractivity contribution in [3.8, 4) is 0 Å². The first-order valence-corrected chi connectivity index (χ1v) is 8.67. The molecule has 2 N–H and O–H groups in total. The lowest BCUT2D eigenvalue weighted by molar-refractivity contribution is -0.384. The van der Waals surface area contributed by atoms with E-state index in [2.05, 4.69) is 0 Å². The Hall–Kier alpha value is -0.740. The molecule has 1 unspecified atom stereocenters.